The van der Waals surface area contributed by atoms with E-state index in [1.165, 1.54) is 27.3 Å². The predicted octanol–water partition coefficient (Wildman–Crippen LogP) is 3.58. The zero-order valence-corrected chi connectivity index (χ0v) is 19.2. The van der Waals surface area contributed by atoms with Crippen molar-refractivity contribution < 1.29 is 0 Å². The third-order valence-electron chi connectivity index (χ3n) is 4.87. The number of nitrogen functional groups attached to an aromatic ring is 1. The van der Waals surface area contributed by atoms with Crippen LogP contribution >= 0.6 is 23.6 Å². The molecule has 0 saturated heterocycles. The predicted molar refractivity (Wildman–Crippen MR) is 135 cm³/mol. The maximum atomic E-state index is 6.00. The maximum Gasteiger partial charge on any atom is 0.194 e. The van der Waals surface area contributed by atoms with Gasteiger partial charge in [-0.2, -0.15) is 0 Å². The van der Waals surface area contributed by atoms with Crippen LogP contribution in [0.4, 0.5) is 5.13 Å². The molecule has 1 heterocycles. The van der Waals surface area contributed by atoms with Gasteiger partial charge >= 0.3 is 0 Å². The lowest BCUT2D eigenvalue weighted by Crippen LogP contribution is -2.44. The molecular formula is C23H28N6S2. The fourth-order valence-electron chi connectivity index (χ4n) is 3.32. The highest BCUT2D eigenvalue weighted by Gasteiger charge is 2.14. The summed E-state index contributed by atoms with van der Waals surface area (Å²) in [6, 6.07) is 20.8. The molecule has 0 unspecified atom stereocenters. The van der Waals surface area contributed by atoms with Crippen LogP contribution in [0.2, 0.25) is 0 Å². The van der Waals surface area contributed by atoms with Crippen molar-refractivity contribution in [2.45, 2.75) is 25.7 Å². The number of hydrogen-bond donors (Lipinski definition) is 4. The van der Waals surface area contributed by atoms with Gasteiger partial charge in [0.2, 0.25) is 0 Å². The van der Waals surface area contributed by atoms with E-state index in [4.69, 9.17) is 23.7 Å². The van der Waals surface area contributed by atoms with Gasteiger partial charge in [-0.1, -0.05) is 60.7 Å². The molecule has 0 amide bonds. The molecule has 6 nitrogen and oxygen atoms in total. The van der Waals surface area contributed by atoms with Crippen molar-refractivity contribution in [3.8, 4) is 0 Å². The van der Waals surface area contributed by atoms with Crippen LogP contribution in [-0.2, 0) is 6.42 Å². The lowest BCUT2D eigenvalue weighted by Gasteiger charge is -2.20. The number of anilines is 1. The minimum absolute atomic E-state index is 0.176. The van der Waals surface area contributed by atoms with Gasteiger partial charge < -0.3 is 22.1 Å². The van der Waals surface area contributed by atoms with Crippen molar-refractivity contribution in [1.82, 2.24) is 15.6 Å². The molecule has 2 aromatic carbocycles. The van der Waals surface area contributed by atoms with Crippen molar-refractivity contribution in [1.29, 1.82) is 0 Å². The maximum absolute atomic E-state index is 6.00. The fourth-order valence-corrected chi connectivity index (χ4v) is 4.38. The second-order valence-electron chi connectivity index (χ2n) is 7.14. The number of thiocarbonyl (C=S) groups is 1. The van der Waals surface area contributed by atoms with Crippen LogP contribution in [0.15, 0.2) is 65.7 Å². The molecule has 162 valence electrons. The van der Waals surface area contributed by atoms with Crippen LogP contribution < -0.4 is 22.1 Å². The SMILES string of the molecule is Cc1nc(N)sc1CCCN=C(N)NC(=S)NCC(c1ccccc1)c1ccccc1. The number of nitrogens with one attached hydrogen (secondary N) is 2. The first kappa shape index (κ1) is 22.7. The summed E-state index contributed by atoms with van der Waals surface area (Å²) in [6.07, 6.45) is 1.76. The van der Waals surface area contributed by atoms with Gasteiger partial charge in [-0.3, -0.25) is 4.99 Å². The van der Waals surface area contributed by atoms with E-state index in [9.17, 15) is 0 Å². The number of aliphatic imine (C=N–C) groups is 1. The molecule has 0 bridgehead atoms. The molecule has 0 saturated carbocycles. The van der Waals surface area contributed by atoms with E-state index < -0.39 is 0 Å². The molecule has 0 aliphatic heterocycles. The Morgan fingerprint density at radius 2 is 1.71 bits per heavy atom. The normalized spacial score (nSPS) is 11.5. The van der Waals surface area contributed by atoms with Crippen molar-refractivity contribution in [3.05, 3.63) is 82.4 Å². The van der Waals surface area contributed by atoms with E-state index in [1.54, 1.807) is 0 Å². The molecule has 0 aliphatic carbocycles. The first-order chi connectivity index (χ1) is 15.0. The summed E-state index contributed by atoms with van der Waals surface area (Å²) in [6.45, 7) is 3.23. The van der Waals surface area contributed by atoms with Crippen LogP contribution in [0.3, 0.4) is 0 Å². The molecule has 8 heteroatoms. The Labute approximate surface area is 192 Å². The number of aromatic nitrogens is 1. The van der Waals surface area contributed by atoms with E-state index >= 15 is 0 Å². The lowest BCUT2D eigenvalue weighted by molar-refractivity contribution is 0.754. The zero-order chi connectivity index (χ0) is 22.1. The lowest BCUT2D eigenvalue weighted by atomic mass is 9.91. The Morgan fingerprint density at radius 3 is 2.26 bits per heavy atom. The van der Waals surface area contributed by atoms with Crippen LogP contribution in [0.5, 0.6) is 0 Å². The van der Waals surface area contributed by atoms with Crippen molar-refractivity contribution in [3.63, 3.8) is 0 Å². The van der Waals surface area contributed by atoms with Crippen LogP contribution in [0.1, 0.15) is 34.0 Å². The van der Waals surface area contributed by atoms with Gasteiger partial charge in [-0.05, 0) is 43.1 Å². The molecule has 0 radical (unpaired) electrons. The van der Waals surface area contributed by atoms with Crippen LogP contribution in [0.25, 0.3) is 0 Å². The number of nitrogens with zero attached hydrogens (tertiary/aromatic N) is 2. The van der Waals surface area contributed by atoms with Crippen molar-refractivity contribution in [2.75, 3.05) is 18.8 Å². The summed E-state index contributed by atoms with van der Waals surface area (Å²) in [5, 5.41) is 7.32. The summed E-state index contributed by atoms with van der Waals surface area (Å²) in [4.78, 5) is 9.81. The summed E-state index contributed by atoms with van der Waals surface area (Å²) in [7, 11) is 0. The Morgan fingerprint density at radius 1 is 1.10 bits per heavy atom. The number of nitrogens with two attached hydrogens (primary N) is 2. The number of benzene rings is 2. The zero-order valence-electron chi connectivity index (χ0n) is 17.5. The smallest absolute Gasteiger partial charge is 0.194 e. The van der Waals surface area contributed by atoms with E-state index in [-0.39, 0.29) is 5.92 Å². The Hall–Kier alpha value is -2.97. The Balaban J connectivity index is 1.49. The van der Waals surface area contributed by atoms with E-state index in [0.29, 0.717) is 29.3 Å². The third-order valence-corrected chi connectivity index (χ3v) is 6.16. The minimum atomic E-state index is 0.176. The van der Waals surface area contributed by atoms with E-state index in [0.717, 1.165) is 18.5 Å². The first-order valence-electron chi connectivity index (χ1n) is 10.2. The summed E-state index contributed by atoms with van der Waals surface area (Å²) >= 11 is 6.95. The van der Waals surface area contributed by atoms with Crippen LogP contribution in [-0.4, -0.2) is 29.1 Å². The molecule has 0 aliphatic rings. The second kappa shape index (κ2) is 11.4. The number of aryl methyl sites for hydroxylation is 2. The van der Waals surface area contributed by atoms with Crippen molar-refractivity contribution in [2.24, 2.45) is 10.7 Å². The average Bonchev–Trinajstić information content (AvgIpc) is 3.09. The summed E-state index contributed by atoms with van der Waals surface area (Å²) < 4.78 is 0. The highest BCUT2D eigenvalue weighted by molar-refractivity contribution is 7.80. The largest absolute Gasteiger partial charge is 0.375 e. The molecule has 6 N–H and O–H groups in total. The average molecular weight is 453 g/mol. The highest BCUT2D eigenvalue weighted by Crippen LogP contribution is 2.23. The number of thiazole rings is 1. The molecule has 31 heavy (non-hydrogen) atoms. The monoisotopic (exact) mass is 452 g/mol. The molecule has 0 atom stereocenters. The molecular weight excluding hydrogens is 424 g/mol. The Kier molecular flexibility index (Phi) is 8.37. The standard InChI is InChI=1S/C23H28N6S2/c1-16-20(31-22(25)28-16)13-8-14-26-21(24)29-23(30)27-15-19(17-9-4-2-5-10-17)18-11-6-3-7-12-18/h2-7,9-12,19H,8,13-15H2,1H3,(H2,25,28)(H4,24,26,27,29,30). The number of rotatable bonds is 8. The Bertz CT molecular complexity index is 962. The molecule has 0 spiro atoms. The van der Waals surface area contributed by atoms with Gasteiger partial charge in [-0.25, -0.2) is 4.98 Å². The highest BCUT2D eigenvalue weighted by atomic mass is 32.1. The fraction of sp³-hybridized carbons (Fsp3) is 0.261. The second-order valence-corrected chi connectivity index (χ2v) is 8.66. The van der Waals surface area contributed by atoms with E-state index in [1.807, 2.05) is 19.1 Å². The molecule has 3 rings (SSSR count). The van der Waals surface area contributed by atoms with Crippen LogP contribution in [0, 0.1) is 6.92 Å². The van der Waals surface area contributed by atoms with Gasteiger partial charge in [0.1, 0.15) is 0 Å². The van der Waals surface area contributed by atoms with Gasteiger partial charge in [0.05, 0.1) is 5.69 Å². The van der Waals surface area contributed by atoms with Gasteiger partial charge in [0, 0.05) is 23.9 Å². The molecule has 1 aromatic heterocycles. The van der Waals surface area contributed by atoms with Gasteiger partial charge in [0.15, 0.2) is 16.2 Å². The number of guanidine groups is 1. The number of hydrogen-bond acceptors (Lipinski definition) is 5. The third kappa shape index (κ3) is 7.04. The van der Waals surface area contributed by atoms with Gasteiger partial charge in [-0.15, -0.1) is 11.3 Å². The molecule has 0 fully saturated rings. The molecule has 3 aromatic rings. The van der Waals surface area contributed by atoms with E-state index in [2.05, 4.69) is 69.1 Å². The summed E-state index contributed by atoms with van der Waals surface area (Å²) in [5.74, 6) is 0.490. The quantitative estimate of drug-likeness (QED) is 0.180. The summed E-state index contributed by atoms with van der Waals surface area (Å²) in [5.41, 5.74) is 15.2. The first-order valence-corrected chi connectivity index (χ1v) is 11.4. The minimum Gasteiger partial charge on any atom is -0.375 e. The topological polar surface area (TPSA) is 101 Å². The van der Waals surface area contributed by atoms with Gasteiger partial charge in [0.25, 0.3) is 0 Å². The van der Waals surface area contributed by atoms with Crippen molar-refractivity contribution >= 4 is 39.8 Å².